The van der Waals surface area contributed by atoms with Crippen LogP contribution in [0.3, 0.4) is 0 Å². The van der Waals surface area contributed by atoms with E-state index >= 15 is 0 Å². The number of hydrogen-bond donors (Lipinski definition) is 0. The largest absolute Gasteiger partial charge is 0.467 e. The highest BCUT2D eigenvalue weighted by Crippen LogP contribution is 2.48. The minimum Gasteiger partial charge on any atom is -0.467 e. The minimum atomic E-state index is -0.717. The van der Waals surface area contributed by atoms with Gasteiger partial charge in [0.2, 0.25) is 0 Å². The van der Waals surface area contributed by atoms with E-state index in [1.165, 1.54) is 28.4 Å². The Hall–Kier alpha value is -1.90. The van der Waals surface area contributed by atoms with Crippen LogP contribution in [0.25, 0.3) is 0 Å². The van der Waals surface area contributed by atoms with Crippen molar-refractivity contribution in [1.29, 1.82) is 0 Å². The normalized spacial score (nSPS) is 21.4. The summed E-state index contributed by atoms with van der Waals surface area (Å²) < 4.78 is 5.83. The van der Waals surface area contributed by atoms with E-state index in [-0.39, 0.29) is 12.1 Å². The Labute approximate surface area is 157 Å². The lowest BCUT2D eigenvalue weighted by molar-refractivity contribution is -0.146. The smallest absolute Gasteiger partial charge is 0.345 e. The van der Waals surface area contributed by atoms with Crippen molar-refractivity contribution in [1.82, 2.24) is 9.96 Å². The Balaban J connectivity index is 1.64. The number of ether oxygens (including phenoxy) is 1. The Bertz CT molecular complexity index is 825. The first-order valence-electron chi connectivity index (χ1n) is 7.73. The summed E-state index contributed by atoms with van der Waals surface area (Å²) in [4.78, 5) is 33.2. The van der Waals surface area contributed by atoms with Crippen molar-refractivity contribution in [3.63, 3.8) is 0 Å². The van der Waals surface area contributed by atoms with E-state index in [1.807, 2.05) is 36.4 Å². The Kier molecular flexibility index (Phi) is 4.26. The maximum Gasteiger partial charge on any atom is 0.345 e. The standard InChI is InChI=1S/C17H15BrN2O4S/c1-23-16(21)14-15-11(7-13(18)25-15)12-8-19(14)17(22)20(12)24-9-10-5-3-2-4-6-10/h2-7,12,14H,8-9H2,1H3/t12-,14?/m1/s1. The van der Waals surface area contributed by atoms with Crippen molar-refractivity contribution in [2.45, 2.75) is 18.7 Å². The second-order valence-electron chi connectivity index (χ2n) is 5.83. The highest BCUT2D eigenvalue weighted by atomic mass is 79.9. The number of benzene rings is 1. The van der Waals surface area contributed by atoms with Crippen LogP contribution in [0.5, 0.6) is 0 Å². The van der Waals surface area contributed by atoms with Gasteiger partial charge in [0.1, 0.15) is 12.6 Å². The summed E-state index contributed by atoms with van der Waals surface area (Å²) in [6.45, 7) is 0.698. The third-order valence-corrected chi connectivity index (χ3v) is 6.11. The fraction of sp³-hybridized carbons (Fsp3) is 0.294. The summed E-state index contributed by atoms with van der Waals surface area (Å²) in [7, 11) is 1.33. The first-order valence-corrected chi connectivity index (χ1v) is 9.34. The predicted molar refractivity (Wildman–Crippen MR) is 94.7 cm³/mol. The second kappa shape index (κ2) is 6.44. The molecular weight excluding hydrogens is 408 g/mol. The van der Waals surface area contributed by atoms with Crippen LogP contribution in [0.4, 0.5) is 4.79 Å². The molecule has 0 N–H and O–H groups in total. The van der Waals surface area contributed by atoms with Gasteiger partial charge in [-0.2, -0.15) is 5.06 Å². The Morgan fingerprint density at radius 2 is 2.12 bits per heavy atom. The maximum atomic E-state index is 12.8. The number of hydrogen-bond acceptors (Lipinski definition) is 5. The van der Waals surface area contributed by atoms with Crippen molar-refractivity contribution >= 4 is 39.3 Å². The van der Waals surface area contributed by atoms with Gasteiger partial charge in [-0.1, -0.05) is 30.3 Å². The number of carbonyl (C=O) groups excluding carboxylic acids is 2. The summed E-state index contributed by atoms with van der Waals surface area (Å²) in [5.41, 5.74) is 1.91. The SMILES string of the molecule is COC(=O)C1c2sc(Br)cc2[C@H]2CN1C(=O)N2OCc1ccccc1. The van der Waals surface area contributed by atoms with E-state index in [2.05, 4.69) is 15.9 Å². The van der Waals surface area contributed by atoms with Gasteiger partial charge in [0, 0.05) is 4.88 Å². The molecule has 2 atom stereocenters. The minimum absolute atomic E-state index is 0.227. The Morgan fingerprint density at radius 1 is 1.36 bits per heavy atom. The molecule has 25 heavy (non-hydrogen) atoms. The van der Waals surface area contributed by atoms with Crippen LogP contribution in [0, 0.1) is 0 Å². The molecule has 2 bridgehead atoms. The number of halogens is 1. The van der Waals surface area contributed by atoms with Gasteiger partial charge < -0.3 is 9.64 Å². The van der Waals surface area contributed by atoms with Crippen molar-refractivity contribution in [2.75, 3.05) is 13.7 Å². The lowest BCUT2D eigenvalue weighted by Crippen LogP contribution is -2.38. The van der Waals surface area contributed by atoms with E-state index in [9.17, 15) is 9.59 Å². The fourth-order valence-electron chi connectivity index (χ4n) is 3.25. The molecule has 1 aromatic carbocycles. The molecule has 2 amide bonds. The number of hydroxylamine groups is 2. The zero-order chi connectivity index (χ0) is 17.6. The fourth-order valence-corrected chi connectivity index (χ4v) is 5.06. The van der Waals surface area contributed by atoms with Crippen LogP contribution in [0.15, 0.2) is 40.2 Å². The molecule has 2 aliphatic rings. The number of rotatable bonds is 4. The molecule has 2 aromatic rings. The summed E-state index contributed by atoms with van der Waals surface area (Å²) in [5, 5.41) is 1.38. The Morgan fingerprint density at radius 3 is 2.84 bits per heavy atom. The molecule has 0 radical (unpaired) electrons. The van der Waals surface area contributed by atoms with Crippen molar-refractivity contribution in [2.24, 2.45) is 0 Å². The first kappa shape index (κ1) is 16.6. The molecule has 130 valence electrons. The molecule has 6 nitrogen and oxygen atoms in total. The molecule has 1 aromatic heterocycles. The van der Waals surface area contributed by atoms with Gasteiger partial charge in [-0.25, -0.2) is 9.59 Å². The predicted octanol–water partition coefficient (Wildman–Crippen LogP) is 3.65. The summed E-state index contributed by atoms with van der Waals surface area (Å²) >= 11 is 4.92. The highest BCUT2D eigenvalue weighted by Gasteiger charge is 2.52. The average Bonchev–Trinajstić information content (AvgIpc) is 3.14. The molecule has 8 heteroatoms. The van der Waals surface area contributed by atoms with Gasteiger partial charge in [-0.15, -0.1) is 11.3 Å². The van der Waals surface area contributed by atoms with E-state index in [0.29, 0.717) is 13.2 Å². The summed E-state index contributed by atoms with van der Waals surface area (Å²) in [5.74, 6) is -0.438. The molecule has 1 saturated heterocycles. The van der Waals surface area contributed by atoms with Gasteiger partial charge in [0.15, 0.2) is 6.04 Å². The quantitative estimate of drug-likeness (QED) is 0.705. The van der Waals surface area contributed by atoms with Crippen LogP contribution in [-0.4, -0.2) is 35.6 Å². The lowest BCUT2D eigenvalue weighted by atomic mass is 10.00. The van der Waals surface area contributed by atoms with Crippen LogP contribution in [0.1, 0.15) is 28.1 Å². The first-order chi connectivity index (χ1) is 12.1. The topological polar surface area (TPSA) is 59.1 Å². The number of carbonyl (C=O) groups is 2. The molecule has 0 saturated carbocycles. The zero-order valence-electron chi connectivity index (χ0n) is 13.3. The molecule has 4 rings (SSSR count). The van der Waals surface area contributed by atoms with Crippen molar-refractivity contribution < 1.29 is 19.2 Å². The zero-order valence-corrected chi connectivity index (χ0v) is 15.7. The number of fused-ring (bicyclic) bond motifs is 4. The number of methoxy groups -OCH3 is 1. The van der Waals surface area contributed by atoms with E-state index in [0.717, 1.165) is 19.8 Å². The van der Waals surface area contributed by atoms with Gasteiger partial charge >= 0.3 is 12.0 Å². The average molecular weight is 423 g/mol. The van der Waals surface area contributed by atoms with Gasteiger partial charge in [0.05, 0.1) is 17.4 Å². The summed E-state index contributed by atoms with van der Waals surface area (Å²) in [6, 6.07) is 10.4. The molecule has 1 unspecified atom stereocenters. The lowest BCUT2D eigenvalue weighted by Gasteiger charge is -2.28. The molecule has 0 aliphatic carbocycles. The van der Waals surface area contributed by atoms with Crippen LogP contribution < -0.4 is 0 Å². The van der Waals surface area contributed by atoms with Crippen molar-refractivity contribution in [3.8, 4) is 0 Å². The monoisotopic (exact) mass is 422 g/mol. The second-order valence-corrected chi connectivity index (χ2v) is 8.29. The van der Waals surface area contributed by atoms with Gasteiger partial charge in [0.25, 0.3) is 0 Å². The van der Waals surface area contributed by atoms with Gasteiger partial charge in [-0.3, -0.25) is 4.84 Å². The molecule has 0 spiro atoms. The number of nitrogens with zero attached hydrogens (tertiary/aromatic N) is 2. The number of thiophene rings is 1. The highest BCUT2D eigenvalue weighted by molar-refractivity contribution is 9.11. The van der Waals surface area contributed by atoms with E-state index in [4.69, 9.17) is 9.57 Å². The third kappa shape index (κ3) is 2.74. The number of amides is 2. The van der Waals surface area contributed by atoms with E-state index < -0.39 is 12.0 Å². The van der Waals surface area contributed by atoms with E-state index in [1.54, 1.807) is 0 Å². The van der Waals surface area contributed by atoms with Crippen LogP contribution in [-0.2, 0) is 21.0 Å². The van der Waals surface area contributed by atoms with Crippen molar-refractivity contribution in [3.05, 3.63) is 56.2 Å². The maximum absolute atomic E-state index is 12.8. The molecule has 2 aliphatic heterocycles. The number of esters is 1. The van der Waals surface area contributed by atoms with Gasteiger partial charge in [-0.05, 0) is 33.1 Å². The van der Waals surface area contributed by atoms with Crippen LogP contribution >= 0.6 is 27.3 Å². The van der Waals surface area contributed by atoms with Crippen LogP contribution in [0.2, 0.25) is 0 Å². The number of urea groups is 1. The molecule has 3 heterocycles. The molecular formula is C17H15BrN2O4S. The molecule has 1 fully saturated rings. The summed E-state index contributed by atoms with van der Waals surface area (Å²) in [6.07, 6.45) is 0. The third-order valence-electron chi connectivity index (χ3n) is 4.40.